The quantitative estimate of drug-likeness (QED) is 0.770. The van der Waals surface area contributed by atoms with Crippen LogP contribution in [0, 0.1) is 0 Å². The third-order valence-corrected chi connectivity index (χ3v) is 3.23. The Morgan fingerprint density at radius 3 is 2.48 bits per heavy atom. The van der Waals surface area contributed by atoms with Gasteiger partial charge in [-0.2, -0.15) is 0 Å². The molecule has 3 aromatic rings. The van der Waals surface area contributed by atoms with Crippen molar-refractivity contribution in [3.8, 4) is 5.69 Å². The zero-order chi connectivity index (χ0) is 16.2. The molecule has 0 bridgehead atoms. The van der Waals surface area contributed by atoms with Crippen LogP contribution in [0.1, 0.15) is 20.7 Å². The Labute approximate surface area is 131 Å². The van der Waals surface area contributed by atoms with Crippen LogP contribution in [0.3, 0.4) is 0 Å². The fraction of sp³-hybridized carbons (Fsp3) is 0. The molecule has 0 aliphatic carbocycles. The van der Waals surface area contributed by atoms with E-state index in [-0.39, 0.29) is 11.3 Å². The van der Waals surface area contributed by atoms with Crippen molar-refractivity contribution in [1.82, 2.24) is 14.8 Å². The number of amides is 1. The van der Waals surface area contributed by atoms with Gasteiger partial charge in [0.1, 0.15) is 12.7 Å². The van der Waals surface area contributed by atoms with Crippen LogP contribution in [0.15, 0.2) is 61.2 Å². The van der Waals surface area contributed by atoms with E-state index in [1.807, 2.05) is 6.07 Å². The molecule has 0 aliphatic rings. The van der Waals surface area contributed by atoms with Crippen molar-refractivity contribution in [2.75, 3.05) is 5.32 Å². The fourth-order valence-corrected chi connectivity index (χ4v) is 2.11. The van der Waals surface area contributed by atoms with Gasteiger partial charge in [0.25, 0.3) is 5.91 Å². The van der Waals surface area contributed by atoms with Crippen molar-refractivity contribution >= 4 is 17.6 Å². The molecular formula is C16H12N4O3. The molecule has 7 nitrogen and oxygen atoms in total. The highest BCUT2D eigenvalue weighted by Crippen LogP contribution is 2.17. The number of nitrogens with zero attached hydrogens (tertiary/aromatic N) is 3. The zero-order valence-electron chi connectivity index (χ0n) is 11.9. The van der Waals surface area contributed by atoms with E-state index in [1.165, 1.54) is 18.7 Å². The normalized spacial score (nSPS) is 10.3. The summed E-state index contributed by atoms with van der Waals surface area (Å²) in [6.45, 7) is 0. The third-order valence-electron chi connectivity index (χ3n) is 3.23. The zero-order valence-corrected chi connectivity index (χ0v) is 11.9. The van der Waals surface area contributed by atoms with Gasteiger partial charge in [0, 0.05) is 11.3 Å². The summed E-state index contributed by atoms with van der Waals surface area (Å²) < 4.78 is 1.67. The summed E-state index contributed by atoms with van der Waals surface area (Å²) in [6.07, 6.45) is 3.05. The van der Waals surface area contributed by atoms with Gasteiger partial charge in [-0.15, -0.1) is 10.2 Å². The summed E-state index contributed by atoms with van der Waals surface area (Å²) in [6, 6.07) is 13.1. The molecule has 1 amide bonds. The maximum absolute atomic E-state index is 12.4. The highest BCUT2D eigenvalue weighted by atomic mass is 16.4. The van der Waals surface area contributed by atoms with Gasteiger partial charge in [0.2, 0.25) is 0 Å². The van der Waals surface area contributed by atoms with Crippen LogP contribution in [0.5, 0.6) is 0 Å². The standard InChI is InChI=1S/C16H12N4O3/c21-15(19-14-7-2-1-6-13(14)16(22)23)11-4-3-5-12(8-11)20-9-17-18-10-20/h1-10H,(H,19,21)(H,22,23). The first-order valence-electron chi connectivity index (χ1n) is 6.74. The van der Waals surface area contributed by atoms with Gasteiger partial charge in [-0.1, -0.05) is 18.2 Å². The van der Waals surface area contributed by atoms with E-state index in [1.54, 1.807) is 41.0 Å². The Hall–Kier alpha value is -3.48. The topological polar surface area (TPSA) is 97.1 Å². The summed E-state index contributed by atoms with van der Waals surface area (Å²) >= 11 is 0. The van der Waals surface area contributed by atoms with Gasteiger partial charge in [-0.25, -0.2) is 4.79 Å². The highest BCUT2D eigenvalue weighted by molar-refractivity contribution is 6.07. The maximum atomic E-state index is 12.4. The first-order chi connectivity index (χ1) is 11.1. The van der Waals surface area contributed by atoms with Crippen molar-refractivity contribution in [2.24, 2.45) is 0 Å². The smallest absolute Gasteiger partial charge is 0.337 e. The van der Waals surface area contributed by atoms with E-state index < -0.39 is 11.9 Å². The average molecular weight is 308 g/mol. The number of benzene rings is 2. The van der Waals surface area contributed by atoms with Crippen LogP contribution in [-0.2, 0) is 0 Å². The van der Waals surface area contributed by atoms with Crippen molar-refractivity contribution < 1.29 is 14.7 Å². The number of aromatic carboxylic acids is 1. The lowest BCUT2D eigenvalue weighted by molar-refractivity contribution is 0.0698. The average Bonchev–Trinajstić information content (AvgIpc) is 3.10. The number of nitrogens with one attached hydrogen (secondary N) is 1. The number of carbonyl (C=O) groups is 2. The molecule has 23 heavy (non-hydrogen) atoms. The van der Waals surface area contributed by atoms with Crippen LogP contribution < -0.4 is 5.32 Å². The number of anilines is 1. The monoisotopic (exact) mass is 308 g/mol. The largest absolute Gasteiger partial charge is 0.478 e. The van der Waals surface area contributed by atoms with Crippen LogP contribution in [-0.4, -0.2) is 31.7 Å². The number of hydrogen-bond acceptors (Lipinski definition) is 4. The lowest BCUT2D eigenvalue weighted by Gasteiger charge is -2.09. The van der Waals surface area contributed by atoms with Gasteiger partial charge in [0.05, 0.1) is 11.3 Å². The Kier molecular flexibility index (Phi) is 3.84. The van der Waals surface area contributed by atoms with Gasteiger partial charge in [-0.3, -0.25) is 9.36 Å². The molecule has 0 unspecified atom stereocenters. The summed E-state index contributed by atoms with van der Waals surface area (Å²) in [4.78, 5) is 23.5. The van der Waals surface area contributed by atoms with Crippen LogP contribution >= 0.6 is 0 Å². The van der Waals surface area contributed by atoms with Crippen molar-refractivity contribution in [2.45, 2.75) is 0 Å². The number of hydrogen-bond donors (Lipinski definition) is 2. The molecular weight excluding hydrogens is 296 g/mol. The number of carboxylic acids is 1. The molecule has 2 aromatic carbocycles. The summed E-state index contributed by atoms with van der Waals surface area (Å²) in [7, 11) is 0. The molecule has 0 atom stereocenters. The minimum absolute atomic E-state index is 0.0378. The molecule has 1 heterocycles. The maximum Gasteiger partial charge on any atom is 0.337 e. The lowest BCUT2D eigenvalue weighted by atomic mass is 10.1. The van der Waals surface area contributed by atoms with Gasteiger partial charge in [0.15, 0.2) is 0 Å². The second-order valence-corrected chi connectivity index (χ2v) is 4.72. The molecule has 0 saturated heterocycles. The predicted octanol–water partition coefficient (Wildman–Crippen LogP) is 2.22. The molecule has 0 radical (unpaired) electrons. The second-order valence-electron chi connectivity index (χ2n) is 4.72. The fourth-order valence-electron chi connectivity index (χ4n) is 2.11. The number of aromatic nitrogens is 3. The first kappa shape index (κ1) is 14.5. The third kappa shape index (κ3) is 3.08. The van der Waals surface area contributed by atoms with Gasteiger partial charge >= 0.3 is 5.97 Å². The minimum atomic E-state index is -1.10. The predicted molar refractivity (Wildman–Crippen MR) is 82.7 cm³/mol. The van der Waals surface area contributed by atoms with E-state index >= 15 is 0 Å². The molecule has 7 heteroatoms. The van der Waals surface area contributed by atoms with Crippen LogP contribution in [0.2, 0.25) is 0 Å². The number of para-hydroxylation sites is 1. The summed E-state index contributed by atoms with van der Waals surface area (Å²) in [5.41, 5.74) is 1.42. The van der Waals surface area contributed by atoms with Gasteiger partial charge < -0.3 is 10.4 Å². The summed E-state index contributed by atoms with van der Waals surface area (Å²) in [5.74, 6) is -1.49. The molecule has 0 aliphatic heterocycles. The molecule has 1 aromatic heterocycles. The van der Waals surface area contributed by atoms with E-state index in [9.17, 15) is 9.59 Å². The minimum Gasteiger partial charge on any atom is -0.478 e. The highest BCUT2D eigenvalue weighted by Gasteiger charge is 2.13. The Morgan fingerprint density at radius 2 is 1.74 bits per heavy atom. The molecule has 3 rings (SSSR count). The van der Waals surface area contributed by atoms with Gasteiger partial charge in [-0.05, 0) is 30.3 Å². The number of carbonyl (C=O) groups excluding carboxylic acids is 1. The SMILES string of the molecule is O=C(Nc1ccccc1C(=O)O)c1cccc(-n2cnnc2)c1. The van der Waals surface area contributed by atoms with E-state index in [0.29, 0.717) is 5.56 Å². The Bertz CT molecular complexity index is 859. The van der Waals surface area contributed by atoms with Crippen molar-refractivity contribution in [3.05, 3.63) is 72.3 Å². The van der Waals surface area contributed by atoms with E-state index in [2.05, 4.69) is 15.5 Å². The lowest BCUT2D eigenvalue weighted by Crippen LogP contribution is -2.15. The first-order valence-corrected chi connectivity index (χ1v) is 6.74. The second kappa shape index (κ2) is 6.10. The molecule has 0 fully saturated rings. The van der Waals surface area contributed by atoms with E-state index in [0.717, 1.165) is 5.69 Å². The Morgan fingerprint density at radius 1 is 1.00 bits per heavy atom. The number of carboxylic acid groups (broad SMARTS) is 1. The van der Waals surface area contributed by atoms with Crippen molar-refractivity contribution in [1.29, 1.82) is 0 Å². The summed E-state index contributed by atoms with van der Waals surface area (Å²) in [5, 5.41) is 19.2. The number of rotatable bonds is 4. The molecule has 2 N–H and O–H groups in total. The van der Waals surface area contributed by atoms with Crippen molar-refractivity contribution in [3.63, 3.8) is 0 Å². The van der Waals surface area contributed by atoms with Crippen LogP contribution in [0.4, 0.5) is 5.69 Å². The van der Waals surface area contributed by atoms with E-state index in [4.69, 9.17) is 5.11 Å². The molecule has 0 saturated carbocycles. The molecule has 114 valence electrons. The molecule has 0 spiro atoms. The van der Waals surface area contributed by atoms with Crippen LogP contribution in [0.25, 0.3) is 5.69 Å². The Balaban J connectivity index is 1.87.